The molecule has 0 saturated heterocycles. The zero-order valence-corrected chi connectivity index (χ0v) is 11.1. The van der Waals surface area contributed by atoms with Gasteiger partial charge in [0.1, 0.15) is 11.8 Å². The molecule has 3 rings (SSSR count). The Balaban J connectivity index is 2.18. The van der Waals surface area contributed by atoms with Gasteiger partial charge in [0.15, 0.2) is 0 Å². The second-order valence-electron chi connectivity index (χ2n) is 4.03. The molecule has 3 aromatic rings. The van der Waals surface area contributed by atoms with Crippen LogP contribution in [-0.4, -0.2) is 4.98 Å². The molecule has 90 valence electrons. The van der Waals surface area contributed by atoms with Crippen LogP contribution in [0.4, 0.5) is 0 Å². The first kappa shape index (κ1) is 11.4. The lowest BCUT2D eigenvalue weighted by Gasteiger charge is -2.11. The van der Waals surface area contributed by atoms with Crippen molar-refractivity contribution in [1.82, 2.24) is 4.98 Å². The number of rotatable bonds is 2. The van der Waals surface area contributed by atoms with Gasteiger partial charge < -0.3 is 10.2 Å². The topological polar surface area (TPSA) is 52.0 Å². The van der Waals surface area contributed by atoms with Crippen LogP contribution in [0.1, 0.15) is 17.5 Å². The number of pyridine rings is 1. The maximum atomic E-state index is 6.24. The highest BCUT2D eigenvalue weighted by atomic mass is 79.9. The number of benzene rings is 1. The van der Waals surface area contributed by atoms with E-state index in [9.17, 15) is 0 Å². The van der Waals surface area contributed by atoms with Gasteiger partial charge >= 0.3 is 0 Å². The second kappa shape index (κ2) is 4.55. The molecule has 0 saturated carbocycles. The molecule has 3 nitrogen and oxygen atoms in total. The van der Waals surface area contributed by atoms with Crippen molar-refractivity contribution >= 4 is 26.7 Å². The van der Waals surface area contributed by atoms with Gasteiger partial charge in [0.05, 0.1) is 16.4 Å². The van der Waals surface area contributed by atoms with E-state index in [1.54, 1.807) is 12.5 Å². The molecule has 0 spiro atoms. The van der Waals surface area contributed by atoms with Crippen molar-refractivity contribution in [2.45, 2.75) is 6.04 Å². The first-order valence-electron chi connectivity index (χ1n) is 5.59. The number of hydrogen-bond donors (Lipinski definition) is 1. The molecule has 0 bridgehead atoms. The maximum absolute atomic E-state index is 6.24. The molecule has 2 aromatic heterocycles. The Kier molecular flexibility index (Phi) is 2.89. The van der Waals surface area contributed by atoms with Crippen molar-refractivity contribution in [3.8, 4) is 0 Å². The Hall–Kier alpha value is -1.65. The molecular weight excluding hydrogens is 292 g/mol. The van der Waals surface area contributed by atoms with Gasteiger partial charge in [-0.25, -0.2) is 0 Å². The Morgan fingerprint density at radius 1 is 1.17 bits per heavy atom. The van der Waals surface area contributed by atoms with Crippen LogP contribution >= 0.6 is 15.9 Å². The van der Waals surface area contributed by atoms with E-state index in [0.29, 0.717) is 5.76 Å². The highest BCUT2D eigenvalue weighted by Crippen LogP contribution is 2.30. The number of halogens is 1. The SMILES string of the molecule is NC(c1occc1Br)c1nccc2ccccc12. The lowest BCUT2D eigenvalue weighted by molar-refractivity contribution is 0.485. The third-order valence-electron chi connectivity index (χ3n) is 2.93. The summed E-state index contributed by atoms with van der Waals surface area (Å²) in [6.07, 6.45) is 3.39. The molecule has 4 heteroatoms. The van der Waals surface area contributed by atoms with Crippen LogP contribution in [0.15, 0.2) is 57.7 Å². The summed E-state index contributed by atoms with van der Waals surface area (Å²) in [5.41, 5.74) is 7.06. The Morgan fingerprint density at radius 2 is 2.00 bits per heavy atom. The first-order chi connectivity index (χ1) is 8.77. The minimum absolute atomic E-state index is 0.375. The molecule has 2 heterocycles. The summed E-state index contributed by atoms with van der Waals surface area (Å²) in [6, 6.07) is 11.5. The van der Waals surface area contributed by atoms with Crippen LogP contribution in [0, 0.1) is 0 Å². The van der Waals surface area contributed by atoms with Crippen molar-refractivity contribution in [2.75, 3.05) is 0 Å². The predicted molar refractivity (Wildman–Crippen MR) is 74.2 cm³/mol. The smallest absolute Gasteiger partial charge is 0.140 e. The molecular formula is C14H11BrN2O. The van der Waals surface area contributed by atoms with E-state index >= 15 is 0 Å². The number of nitrogens with zero attached hydrogens (tertiary/aromatic N) is 1. The summed E-state index contributed by atoms with van der Waals surface area (Å²) < 4.78 is 6.28. The second-order valence-corrected chi connectivity index (χ2v) is 4.88. The number of fused-ring (bicyclic) bond motifs is 1. The Morgan fingerprint density at radius 3 is 2.78 bits per heavy atom. The van der Waals surface area contributed by atoms with Gasteiger partial charge in [-0.05, 0) is 33.4 Å². The number of hydrogen-bond acceptors (Lipinski definition) is 3. The van der Waals surface area contributed by atoms with E-state index < -0.39 is 0 Å². The van der Waals surface area contributed by atoms with Crippen LogP contribution in [0.5, 0.6) is 0 Å². The lowest BCUT2D eigenvalue weighted by atomic mass is 10.0. The fraction of sp³-hybridized carbons (Fsp3) is 0.0714. The average molecular weight is 303 g/mol. The zero-order valence-electron chi connectivity index (χ0n) is 9.51. The number of furan rings is 1. The molecule has 0 aliphatic rings. The summed E-state index contributed by atoms with van der Waals surface area (Å²) in [5.74, 6) is 0.693. The predicted octanol–water partition coefficient (Wildman–Crippen LogP) is 3.64. The van der Waals surface area contributed by atoms with Gasteiger partial charge in [-0.3, -0.25) is 4.98 Å². The molecule has 0 radical (unpaired) electrons. The van der Waals surface area contributed by atoms with Crippen LogP contribution < -0.4 is 5.73 Å². The van der Waals surface area contributed by atoms with Crippen LogP contribution in [0.3, 0.4) is 0 Å². The minimum atomic E-state index is -0.375. The molecule has 0 aliphatic carbocycles. The minimum Gasteiger partial charge on any atom is -0.466 e. The highest BCUT2D eigenvalue weighted by Gasteiger charge is 2.18. The van der Waals surface area contributed by atoms with Crippen molar-refractivity contribution in [3.05, 3.63) is 64.8 Å². The molecule has 1 unspecified atom stereocenters. The molecule has 18 heavy (non-hydrogen) atoms. The van der Waals surface area contributed by atoms with E-state index in [0.717, 1.165) is 20.9 Å². The fourth-order valence-corrected chi connectivity index (χ4v) is 2.49. The first-order valence-corrected chi connectivity index (χ1v) is 6.39. The van der Waals surface area contributed by atoms with E-state index in [1.807, 2.05) is 36.4 Å². The summed E-state index contributed by atoms with van der Waals surface area (Å²) in [4.78, 5) is 4.40. The van der Waals surface area contributed by atoms with Gasteiger partial charge in [0.2, 0.25) is 0 Å². The maximum Gasteiger partial charge on any atom is 0.140 e. The van der Waals surface area contributed by atoms with Crippen molar-refractivity contribution in [3.63, 3.8) is 0 Å². The summed E-state index contributed by atoms with van der Waals surface area (Å²) >= 11 is 3.43. The van der Waals surface area contributed by atoms with Gasteiger partial charge in [-0.1, -0.05) is 24.3 Å². The van der Waals surface area contributed by atoms with E-state index in [-0.39, 0.29) is 6.04 Å². The normalized spacial score (nSPS) is 12.8. The monoisotopic (exact) mass is 302 g/mol. The molecule has 2 N–H and O–H groups in total. The van der Waals surface area contributed by atoms with Crippen molar-refractivity contribution in [2.24, 2.45) is 5.73 Å². The lowest BCUT2D eigenvalue weighted by Crippen LogP contribution is -2.13. The number of aromatic nitrogens is 1. The van der Waals surface area contributed by atoms with Gasteiger partial charge in [-0.2, -0.15) is 0 Å². The van der Waals surface area contributed by atoms with Crippen molar-refractivity contribution in [1.29, 1.82) is 0 Å². The third-order valence-corrected chi connectivity index (χ3v) is 3.58. The molecule has 1 atom stereocenters. The summed E-state index contributed by atoms with van der Waals surface area (Å²) in [6.45, 7) is 0. The van der Waals surface area contributed by atoms with Crippen LogP contribution in [0.25, 0.3) is 10.8 Å². The van der Waals surface area contributed by atoms with Crippen molar-refractivity contribution < 1.29 is 4.42 Å². The third kappa shape index (κ3) is 1.83. The Bertz CT molecular complexity index is 688. The van der Waals surface area contributed by atoms with E-state index in [4.69, 9.17) is 10.2 Å². The average Bonchev–Trinajstić information content (AvgIpc) is 2.83. The molecule has 0 fully saturated rings. The number of nitrogens with two attached hydrogens (primary N) is 1. The van der Waals surface area contributed by atoms with Crippen LogP contribution in [-0.2, 0) is 0 Å². The van der Waals surface area contributed by atoms with Gasteiger partial charge in [-0.15, -0.1) is 0 Å². The zero-order chi connectivity index (χ0) is 12.5. The van der Waals surface area contributed by atoms with Crippen LogP contribution in [0.2, 0.25) is 0 Å². The van der Waals surface area contributed by atoms with E-state index in [2.05, 4.69) is 20.9 Å². The Labute approximate surface area is 113 Å². The standard InChI is InChI=1S/C14H11BrN2O/c15-11-6-8-18-14(11)12(16)13-10-4-2-1-3-9(10)5-7-17-13/h1-8,12H,16H2. The summed E-state index contributed by atoms with van der Waals surface area (Å²) in [5, 5.41) is 2.18. The molecule has 0 amide bonds. The largest absolute Gasteiger partial charge is 0.466 e. The summed E-state index contributed by atoms with van der Waals surface area (Å²) in [7, 11) is 0. The van der Waals surface area contributed by atoms with Gasteiger partial charge in [0, 0.05) is 11.6 Å². The quantitative estimate of drug-likeness (QED) is 0.786. The fourth-order valence-electron chi connectivity index (χ4n) is 2.04. The highest BCUT2D eigenvalue weighted by molar-refractivity contribution is 9.10. The van der Waals surface area contributed by atoms with Gasteiger partial charge in [0.25, 0.3) is 0 Å². The molecule has 1 aromatic carbocycles. The molecule has 0 aliphatic heterocycles. The van der Waals surface area contributed by atoms with E-state index in [1.165, 1.54) is 0 Å².